The minimum absolute atomic E-state index is 0.309. The number of hydrogen-bond donors (Lipinski definition) is 0. The molecule has 0 aromatic heterocycles. The van der Waals surface area contributed by atoms with Gasteiger partial charge in [0.1, 0.15) is 5.78 Å². The van der Waals surface area contributed by atoms with Crippen molar-refractivity contribution in [2.45, 2.75) is 19.8 Å². The summed E-state index contributed by atoms with van der Waals surface area (Å²) < 4.78 is 0. The minimum atomic E-state index is 0.309. The lowest BCUT2D eigenvalue weighted by molar-refractivity contribution is -0.140. The van der Waals surface area contributed by atoms with E-state index in [9.17, 15) is 4.79 Å². The van der Waals surface area contributed by atoms with Crippen LogP contribution in [0.15, 0.2) is 12.2 Å². The number of fused-ring (bicyclic) bond motifs is 1. The average molecular weight is 136 g/mol. The van der Waals surface area contributed by atoms with Crippen molar-refractivity contribution >= 4 is 5.78 Å². The number of carbonyl (C=O) groups excluding carboxylic acids is 1. The van der Waals surface area contributed by atoms with Gasteiger partial charge in [0.05, 0.1) is 0 Å². The molecule has 3 rings (SSSR count). The van der Waals surface area contributed by atoms with Gasteiger partial charge in [0.25, 0.3) is 0 Å². The molecule has 1 fully saturated rings. The van der Waals surface area contributed by atoms with Gasteiger partial charge in [-0.3, -0.25) is 4.79 Å². The number of hydrogen-bond acceptors (Lipinski definition) is 1. The Morgan fingerprint density at radius 1 is 1.70 bits per heavy atom. The highest BCUT2D eigenvalue weighted by atomic mass is 16.1. The molecule has 0 amide bonds. The number of carbonyl (C=O) groups is 1. The highest BCUT2D eigenvalue weighted by Crippen LogP contribution is 2.45. The van der Waals surface area contributed by atoms with Crippen molar-refractivity contribution in [3.05, 3.63) is 12.2 Å². The van der Waals surface area contributed by atoms with Crippen molar-refractivity contribution in [2.24, 2.45) is 17.8 Å². The van der Waals surface area contributed by atoms with E-state index in [2.05, 4.69) is 19.1 Å². The molecule has 0 heterocycles. The zero-order valence-electron chi connectivity index (χ0n) is 6.21. The predicted octanol–water partition coefficient (Wildman–Crippen LogP) is 1.79. The van der Waals surface area contributed by atoms with Gasteiger partial charge in [-0.2, -0.15) is 0 Å². The summed E-state index contributed by atoms with van der Waals surface area (Å²) in [4.78, 5) is 11.2. The van der Waals surface area contributed by atoms with Crippen LogP contribution in [0.3, 0.4) is 0 Å². The Hall–Kier alpha value is -0.590. The molecule has 0 radical (unpaired) electrons. The Morgan fingerprint density at radius 3 is 2.80 bits per heavy atom. The minimum Gasteiger partial charge on any atom is -0.299 e. The van der Waals surface area contributed by atoms with E-state index in [1.807, 2.05) is 0 Å². The van der Waals surface area contributed by atoms with E-state index in [1.54, 1.807) is 0 Å². The van der Waals surface area contributed by atoms with Gasteiger partial charge in [0, 0.05) is 11.8 Å². The van der Waals surface area contributed by atoms with Crippen LogP contribution < -0.4 is 0 Å². The number of Topliss-reactive ketones (excluding diaryl/α,β-unsaturated/α-hetero) is 1. The first-order valence-electron chi connectivity index (χ1n) is 4.05. The summed E-state index contributed by atoms with van der Waals surface area (Å²) in [5.41, 5.74) is 0. The molecule has 10 heavy (non-hydrogen) atoms. The maximum absolute atomic E-state index is 11.2. The molecule has 3 atom stereocenters. The van der Waals surface area contributed by atoms with Crippen LogP contribution >= 0.6 is 0 Å². The van der Waals surface area contributed by atoms with Crippen LogP contribution in [0, 0.1) is 17.8 Å². The van der Waals surface area contributed by atoms with Gasteiger partial charge < -0.3 is 0 Å². The highest BCUT2D eigenvalue weighted by molar-refractivity contribution is 5.92. The van der Waals surface area contributed by atoms with E-state index in [0.29, 0.717) is 23.5 Å². The lowest BCUT2D eigenvalue weighted by Gasteiger charge is -2.43. The zero-order valence-corrected chi connectivity index (χ0v) is 6.21. The van der Waals surface area contributed by atoms with E-state index in [-0.39, 0.29) is 0 Å². The second-order valence-electron chi connectivity index (χ2n) is 3.27. The normalized spacial score (nSPS) is 43.3. The molecule has 1 heteroatoms. The monoisotopic (exact) mass is 136 g/mol. The molecule has 0 N–H and O–H groups in total. The first-order chi connectivity index (χ1) is 4.84. The molecule has 0 spiro atoms. The van der Waals surface area contributed by atoms with Crippen molar-refractivity contribution in [3.8, 4) is 0 Å². The molecule has 0 aromatic carbocycles. The van der Waals surface area contributed by atoms with Crippen LogP contribution in [0.1, 0.15) is 19.8 Å². The number of ketones is 1. The highest BCUT2D eigenvalue weighted by Gasteiger charge is 2.47. The van der Waals surface area contributed by atoms with Crippen LogP contribution in [-0.2, 0) is 4.79 Å². The number of rotatable bonds is 1. The maximum Gasteiger partial charge on any atom is 0.143 e. The molecule has 1 saturated carbocycles. The summed E-state index contributed by atoms with van der Waals surface area (Å²) in [6, 6.07) is 0. The van der Waals surface area contributed by atoms with Crippen molar-refractivity contribution in [3.63, 3.8) is 0 Å². The molecule has 3 aliphatic rings. The van der Waals surface area contributed by atoms with E-state index < -0.39 is 0 Å². The van der Waals surface area contributed by atoms with Crippen molar-refractivity contribution < 1.29 is 4.79 Å². The Morgan fingerprint density at radius 2 is 2.50 bits per heavy atom. The molecule has 54 valence electrons. The molecule has 3 unspecified atom stereocenters. The predicted molar refractivity (Wildman–Crippen MR) is 39.5 cm³/mol. The summed E-state index contributed by atoms with van der Waals surface area (Å²) in [5, 5.41) is 0. The zero-order chi connectivity index (χ0) is 7.14. The van der Waals surface area contributed by atoms with Gasteiger partial charge >= 0.3 is 0 Å². The van der Waals surface area contributed by atoms with Crippen LogP contribution in [0.2, 0.25) is 0 Å². The molecular formula is C9H12O. The van der Waals surface area contributed by atoms with Crippen LogP contribution in [0.4, 0.5) is 0 Å². The van der Waals surface area contributed by atoms with Gasteiger partial charge in [0.15, 0.2) is 0 Å². The van der Waals surface area contributed by atoms with E-state index in [0.717, 1.165) is 6.42 Å². The topological polar surface area (TPSA) is 17.1 Å². The largest absolute Gasteiger partial charge is 0.299 e. The second kappa shape index (κ2) is 1.94. The van der Waals surface area contributed by atoms with Gasteiger partial charge in [-0.1, -0.05) is 25.5 Å². The van der Waals surface area contributed by atoms with Gasteiger partial charge in [0.2, 0.25) is 0 Å². The molecule has 0 aromatic rings. The summed E-state index contributed by atoms with van der Waals surface area (Å²) in [7, 11) is 0. The van der Waals surface area contributed by atoms with E-state index in [4.69, 9.17) is 0 Å². The van der Waals surface area contributed by atoms with E-state index >= 15 is 0 Å². The lowest BCUT2D eigenvalue weighted by atomic mass is 9.58. The molecule has 0 saturated heterocycles. The molecular weight excluding hydrogens is 124 g/mol. The van der Waals surface area contributed by atoms with Crippen LogP contribution in [-0.4, -0.2) is 5.78 Å². The first kappa shape index (κ1) is 6.14. The third-order valence-electron chi connectivity index (χ3n) is 2.88. The third kappa shape index (κ3) is 0.556. The molecule has 2 bridgehead atoms. The van der Waals surface area contributed by atoms with Gasteiger partial charge in [-0.05, 0) is 12.3 Å². The Bertz CT molecular complexity index is 193. The summed E-state index contributed by atoms with van der Waals surface area (Å²) in [5.74, 6) is 1.90. The van der Waals surface area contributed by atoms with E-state index in [1.165, 1.54) is 6.42 Å². The number of allylic oxidation sites excluding steroid dienone is 2. The quantitative estimate of drug-likeness (QED) is 0.502. The van der Waals surface area contributed by atoms with Crippen molar-refractivity contribution in [1.82, 2.24) is 0 Å². The Balaban J connectivity index is 2.21. The Kier molecular flexibility index (Phi) is 1.19. The van der Waals surface area contributed by atoms with Crippen molar-refractivity contribution in [1.29, 1.82) is 0 Å². The Labute approximate surface area is 61.1 Å². The van der Waals surface area contributed by atoms with Gasteiger partial charge in [-0.15, -0.1) is 0 Å². The first-order valence-corrected chi connectivity index (χ1v) is 4.05. The summed E-state index contributed by atoms with van der Waals surface area (Å²) in [6.45, 7) is 2.18. The smallest absolute Gasteiger partial charge is 0.143 e. The average Bonchev–Trinajstić information content (AvgIpc) is 2.02. The maximum atomic E-state index is 11.2. The van der Waals surface area contributed by atoms with Crippen LogP contribution in [0.5, 0.6) is 0 Å². The fraction of sp³-hybridized carbons (Fsp3) is 0.667. The molecule has 3 aliphatic carbocycles. The fourth-order valence-electron chi connectivity index (χ4n) is 2.24. The molecule has 0 aliphatic heterocycles. The van der Waals surface area contributed by atoms with Crippen molar-refractivity contribution in [2.75, 3.05) is 0 Å². The fourth-order valence-corrected chi connectivity index (χ4v) is 2.24. The summed E-state index contributed by atoms with van der Waals surface area (Å²) >= 11 is 0. The summed E-state index contributed by atoms with van der Waals surface area (Å²) in [6.07, 6.45) is 6.43. The van der Waals surface area contributed by atoms with Gasteiger partial charge in [-0.25, -0.2) is 0 Å². The lowest BCUT2D eigenvalue weighted by Crippen LogP contribution is -2.48. The third-order valence-corrected chi connectivity index (χ3v) is 2.88. The second-order valence-corrected chi connectivity index (χ2v) is 3.27. The van der Waals surface area contributed by atoms with Crippen LogP contribution in [0.25, 0.3) is 0 Å². The SMILES string of the molecule is CCC1C2C=CCC1C2=O. The molecule has 1 nitrogen and oxygen atoms in total. The standard InChI is InChI=1S/C9H12O/c1-2-6-7-4-3-5-8(6)9(7)10/h3-4,6-8H,2,5H2,1H3.